The van der Waals surface area contributed by atoms with E-state index in [-0.39, 0.29) is 28.0 Å². The molecule has 118 valence electrons. The lowest BCUT2D eigenvalue weighted by Crippen LogP contribution is -2.05. The van der Waals surface area contributed by atoms with Crippen molar-refractivity contribution in [3.8, 4) is 5.75 Å². The SMILES string of the molecule is C=CCOc1c(S(=O)(=O)c2ccccc2)c2ccccn2c1N. The number of hydrogen-bond acceptors (Lipinski definition) is 4. The first kappa shape index (κ1) is 15.2. The highest BCUT2D eigenvalue weighted by molar-refractivity contribution is 7.91. The standard InChI is InChI=1S/C17H16N2O3S/c1-2-12-22-15-16(14-10-6-7-11-19(14)17(15)18)23(20,21)13-8-4-3-5-9-13/h2-11H,1,12,18H2. The molecule has 0 unspecified atom stereocenters. The van der Waals surface area contributed by atoms with Crippen LogP contribution in [0.1, 0.15) is 0 Å². The van der Waals surface area contributed by atoms with Crippen molar-refractivity contribution in [2.45, 2.75) is 9.79 Å². The Labute approximate surface area is 134 Å². The molecule has 0 saturated carbocycles. The van der Waals surface area contributed by atoms with E-state index in [1.165, 1.54) is 0 Å². The molecule has 23 heavy (non-hydrogen) atoms. The molecule has 2 heterocycles. The first-order chi connectivity index (χ1) is 11.1. The quantitative estimate of drug-likeness (QED) is 0.731. The lowest BCUT2D eigenvalue weighted by molar-refractivity contribution is 0.357. The summed E-state index contributed by atoms with van der Waals surface area (Å²) in [5.41, 5.74) is 6.57. The summed E-state index contributed by atoms with van der Waals surface area (Å²) in [5.74, 6) is 0.400. The van der Waals surface area contributed by atoms with Crippen molar-refractivity contribution in [2.24, 2.45) is 0 Å². The second-order valence-corrected chi connectivity index (χ2v) is 6.80. The molecular weight excluding hydrogens is 312 g/mol. The van der Waals surface area contributed by atoms with Crippen LogP contribution in [-0.2, 0) is 9.84 Å². The maximum Gasteiger partial charge on any atom is 0.212 e. The summed E-state index contributed by atoms with van der Waals surface area (Å²) in [6.07, 6.45) is 3.25. The zero-order valence-corrected chi connectivity index (χ0v) is 13.2. The Hall–Kier alpha value is -2.73. The minimum Gasteiger partial charge on any atom is -0.484 e. The Morgan fingerprint density at radius 1 is 1.13 bits per heavy atom. The Kier molecular flexibility index (Phi) is 3.83. The second-order valence-electron chi connectivity index (χ2n) is 4.92. The molecule has 0 saturated heterocycles. The summed E-state index contributed by atoms with van der Waals surface area (Å²) in [5, 5.41) is 0. The van der Waals surface area contributed by atoms with Crippen molar-refractivity contribution in [1.29, 1.82) is 0 Å². The average Bonchev–Trinajstić information content (AvgIpc) is 2.87. The number of rotatable bonds is 5. The number of nitrogens with two attached hydrogens (primary N) is 1. The van der Waals surface area contributed by atoms with Crippen molar-refractivity contribution < 1.29 is 13.2 Å². The largest absolute Gasteiger partial charge is 0.484 e. The van der Waals surface area contributed by atoms with Gasteiger partial charge < -0.3 is 10.5 Å². The van der Waals surface area contributed by atoms with Gasteiger partial charge in [-0.1, -0.05) is 36.9 Å². The van der Waals surface area contributed by atoms with Gasteiger partial charge in [-0.15, -0.1) is 0 Å². The van der Waals surface area contributed by atoms with Gasteiger partial charge in [-0.05, 0) is 24.3 Å². The number of hydrogen-bond donors (Lipinski definition) is 1. The van der Waals surface area contributed by atoms with Gasteiger partial charge >= 0.3 is 0 Å². The van der Waals surface area contributed by atoms with E-state index in [4.69, 9.17) is 10.5 Å². The lowest BCUT2D eigenvalue weighted by atomic mass is 10.4. The predicted molar refractivity (Wildman–Crippen MR) is 89.4 cm³/mol. The summed E-state index contributed by atoms with van der Waals surface area (Å²) >= 11 is 0. The smallest absolute Gasteiger partial charge is 0.212 e. The molecule has 5 nitrogen and oxygen atoms in total. The molecule has 0 aliphatic rings. The fraction of sp³-hybridized carbons (Fsp3) is 0.0588. The summed E-state index contributed by atoms with van der Waals surface area (Å²) in [7, 11) is -3.77. The third kappa shape index (κ3) is 2.47. The van der Waals surface area contributed by atoms with Gasteiger partial charge in [-0.3, -0.25) is 4.40 Å². The normalized spacial score (nSPS) is 11.5. The predicted octanol–water partition coefficient (Wildman–Crippen LogP) is 2.92. The molecule has 3 aromatic rings. The third-order valence-electron chi connectivity index (χ3n) is 3.46. The third-order valence-corrected chi connectivity index (χ3v) is 5.28. The maximum atomic E-state index is 13.1. The molecule has 0 spiro atoms. The highest BCUT2D eigenvalue weighted by Gasteiger charge is 2.29. The molecule has 0 aliphatic carbocycles. The van der Waals surface area contributed by atoms with Gasteiger partial charge in [0.15, 0.2) is 11.6 Å². The average molecular weight is 328 g/mol. The van der Waals surface area contributed by atoms with E-state index < -0.39 is 9.84 Å². The monoisotopic (exact) mass is 328 g/mol. The van der Waals surface area contributed by atoms with E-state index >= 15 is 0 Å². The highest BCUT2D eigenvalue weighted by Crippen LogP contribution is 2.39. The summed E-state index contributed by atoms with van der Waals surface area (Å²) in [6, 6.07) is 13.5. The summed E-state index contributed by atoms with van der Waals surface area (Å²) < 4.78 is 33.3. The van der Waals surface area contributed by atoms with Crippen LogP contribution < -0.4 is 10.5 Å². The molecule has 0 fully saturated rings. The Morgan fingerprint density at radius 2 is 1.83 bits per heavy atom. The van der Waals surface area contributed by atoms with Crippen LogP contribution in [0.25, 0.3) is 5.52 Å². The van der Waals surface area contributed by atoms with Gasteiger partial charge in [-0.25, -0.2) is 8.42 Å². The van der Waals surface area contributed by atoms with Crippen LogP contribution in [0.4, 0.5) is 5.82 Å². The first-order valence-electron chi connectivity index (χ1n) is 6.99. The number of pyridine rings is 1. The highest BCUT2D eigenvalue weighted by atomic mass is 32.2. The number of aromatic nitrogens is 1. The minimum absolute atomic E-state index is 0.0728. The van der Waals surface area contributed by atoms with Gasteiger partial charge in [0, 0.05) is 6.20 Å². The van der Waals surface area contributed by atoms with Crippen LogP contribution in [-0.4, -0.2) is 19.4 Å². The number of ether oxygens (including phenoxy) is 1. The topological polar surface area (TPSA) is 73.8 Å². The number of nitrogens with zero attached hydrogens (tertiary/aromatic N) is 1. The number of nitrogen functional groups attached to an aromatic ring is 1. The molecular formula is C17H16N2O3S. The van der Waals surface area contributed by atoms with Crippen molar-refractivity contribution in [1.82, 2.24) is 4.40 Å². The minimum atomic E-state index is -3.77. The second kappa shape index (κ2) is 5.81. The van der Waals surface area contributed by atoms with Gasteiger partial charge in [0.05, 0.1) is 10.4 Å². The van der Waals surface area contributed by atoms with E-state index in [1.807, 2.05) is 0 Å². The molecule has 1 aromatic carbocycles. The Bertz CT molecular complexity index is 960. The molecule has 2 aromatic heterocycles. The summed E-state index contributed by atoms with van der Waals surface area (Å²) in [4.78, 5) is 0.267. The zero-order valence-electron chi connectivity index (χ0n) is 12.3. The van der Waals surface area contributed by atoms with E-state index in [9.17, 15) is 8.42 Å². The fourth-order valence-electron chi connectivity index (χ4n) is 2.44. The molecule has 0 bridgehead atoms. The lowest BCUT2D eigenvalue weighted by Gasteiger charge is -2.08. The van der Waals surface area contributed by atoms with Crippen LogP contribution in [0.2, 0.25) is 0 Å². The Morgan fingerprint density at radius 3 is 2.52 bits per heavy atom. The van der Waals surface area contributed by atoms with Gasteiger partial charge in [0.1, 0.15) is 11.5 Å². The van der Waals surface area contributed by atoms with Crippen LogP contribution >= 0.6 is 0 Å². The molecule has 2 N–H and O–H groups in total. The number of fused-ring (bicyclic) bond motifs is 1. The van der Waals surface area contributed by atoms with Crippen molar-refractivity contribution in [2.75, 3.05) is 12.3 Å². The molecule has 0 amide bonds. The first-order valence-corrected chi connectivity index (χ1v) is 8.48. The zero-order chi connectivity index (χ0) is 16.4. The van der Waals surface area contributed by atoms with Crippen molar-refractivity contribution >= 4 is 21.2 Å². The van der Waals surface area contributed by atoms with Crippen LogP contribution in [0, 0.1) is 0 Å². The van der Waals surface area contributed by atoms with E-state index in [1.54, 1.807) is 65.2 Å². The molecule has 0 radical (unpaired) electrons. The van der Waals surface area contributed by atoms with E-state index in [0.29, 0.717) is 5.52 Å². The molecule has 0 aliphatic heterocycles. The molecule has 3 rings (SSSR count). The molecule has 6 heteroatoms. The van der Waals surface area contributed by atoms with E-state index in [0.717, 1.165) is 0 Å². The van der Waals surface area contributed by atoms with Crippen LogP contribution in [0.15, 0.2) is 77.2 Å². The van der Waals surface area contributed by atoms with E-state index in [2.05, 4.69) is 6.58 Å². The fourth-order valence-corrected chi connectivity index (χ4v) is 4.04. The maximum absolute atomic E-state index is 13.1. The number of benzene rings is 1. The molecule has 0 atom stereocenters. The Balaban J connectivity index is 2.33. The van der Waals surface area contributed by atoms with Gasteiger partial charge in [0.25, 0.3) is 0 Å². The van der Waals surface area contributed by atoms with Crippen LogP contribution in [0.3, 0.4) is 0 Å². The van der Waals surface area contributed by atoms with Crippen LogP contribution in [0.5, 0.6) is 5.75 Å². The van der Waals surface area contributed by atoms with Gasteiger partial charge in [-0.2, -0.15) is 0 Å². The number of sulfone groups is 1. The van der Waals surface area contributed by atoms with Gasteiger partial charge in [0.2, 0.25) is 9.84 Å². The number of anilines is 1. The van der Waals surface area contributed by atoms with Crippen molar-refractivity contribution in [3.63, 3.8) is 0 Å². The summed E-state index contributed by atoms with van der Waals surface area (Å²) in [6.45, 7) is 3.75. The van der Waals surface area contributed by atoms with Crippen molar-refractivity contribution in [3.05, 3.63) is 67.4 Å².